The Morgan fingerprint density at radius 3 is 2.62 bits per heavy atom. The van der Waals surface area contributed by atoms with E-state index in [9.17, 15) is 14.9 Å². The summed E-state index contributed by atoms with van der Waals surface area (Å²) in [4.78, 5) is 27.7. The van der Waals surface area contributed by atoms with Gasteiger partial charge < -0.3 is 5.11 Å². The molecule has 0 saturated carbocycles. The van der Waals surface area contributed by atoms with Crippen LogP contribution >= 0.6 is 0 Å². The van der Waals surface area contributed by atoms with Gasteiger partial charge in [-0.2, -0.15) is 0 Å². The van der Waals surface area contributed by atoms with E-state index >= 15 is 0 Å². The molecule has 0 bridgehead atoms. The molecular weight excluding hydrogens is 274 g/mol. The fourth-order valence-corrected chi connectivity index (χ4v) is 2.36. The number of hydrogen-bond acceptors (Lipinski definition) is 5. The van der Waals surface area contributed by atoms with Crippen LogP contribution < -0.4 is 0 Å². The first-order chi connectivity index (χ1) is 9.77. The van der Waals surface area contributed by atoms with Gasteiger partial charge >= 0.3 is 5.97 Å². The number of aliphatic carboxylic acids is 1. The summed E-state index contributed by atoms with van der Waals surface area (Å²) in [7, 11) is 0. The fraction of sp³-hybridized carbons (Fsp3) is 0.571. The van der Waals surface area contributed by atoms with Gasteiger partial charge in [-0.15, -0.1) is 0 Å². The smallest absolute Gasteiger partial charge is 0.304 e. The molecule has 0 saturated heterocycles. The standard InChI is InChI=1S/C14H21N3O4/c1-5-16(10(3)6-13(18)19)8-12-11(4)14(17(20)21)9(2)7-15-12/h7,10H,5-6,8H2,1-4H3,(H,18,19). The average Bonchev–Trinajstić information content (AvgIpc) is 2.36. The molecule has 0 aliphatic rings. The minimum absolute atomic E-state index is 0.0286. The van der Waals surface area contributed by atoms with E-state index in [0.29, 0.717) is 29.9 Å². The second-order valence-corrected chi connectivity index (χ2v) is 5.13. The molecule has 1 atom stereocenters. The molecule has 0 spiro atoms. The van der Waals surface area contributed by atoms with Crippen LogP contribution in [0.3, 0.4) is 0 Å². The predicted molar refractivity (Wildman–Crippen MR) is 78.2 cm³/mol. The maximum atomic E-state index is 11.1. The van der Waals surface area contributed by atoms with Gasteiger partial charge in [0.25, 0.3) is 5.69 Å². The van der Waals surface area contributed by atoms with Crippen molar-refractivity contribution < 1.29 is 14.8 Å². The van der Waals surface area contributed by atoms with Crippen molar-refractivity contribution in [3.63, 3.8) is 0 Å². The Hall–Kier alpha value is -2.02. The third-order valence-corrected chi connectivity index (χ3v) is 3.61. The lowest BCUT2D eigenvalue weighted by molar-refractivity contribution is -0.386. The van der Waals surface area contributed by atoms with Crippen LogP contribution in [0.25, 0.3) is 0 Å². The molecule has 1 aromatic rings. The summed E-state index contributed by atoms with van der Waals surface area (Å²) >= 11 is 0. The summed E-state index contributed by atoms with van der Waals surface area (Å²) < 4.78 is 0. The van der Waals surface area contributed by atoms with Crippen LogP contribution in [0, 0.1) is 24.0 Å². The van der Waals surface area contributed by atoms with E-state index in [-0.39, 0.29) is 18.2 Å². The lowest BCUT2D eigenvalue weighted by Gasteiger charge is -2.26. The van der Waals surface area contributed by atoms with Gasteiger partial charge in [0, 0.05) is 29.9 Å². The molecule has 0 aliphatic heterocycles. The Morgan fingerprint density at radius 2 is 2.14 bits per heavy atom. The third kappa shape index (κ3) is 4.22. The molecule has 0 fully saturated rings. The molecule has 116 valence electrons. The van der Waals surface area contributed by atoms with Gasteiger partial charge in [0.1, 0.15) is 0 Å². The molecule has 1 N–H and O–H groups in total. The van der Waals surface area contributed by atoms with Crippen molar-refractivity contribution in [2.75, 3.05) is 6.54 Å². The Kier molecular flexibility index (Phi) is 5.78. The van der Waals surface area contributed by atoms with Crippen LogP contribution in [0.1, 0.15) is 37.1 Å². The number of pyridine rings is 1. The van der Waals surface area contributed by atoms with Crippen LogP contribution in [0.4, 0.5) is 5.69 Å². The Bertz CT molecular complexity index is 545. The lowest BCUT2D eigenvalue weighted by atomic mass is 10.1. The van der Waals surface area contributed by atoms with Gasteiger partial charge in [-0.05, 0) is 27.3 Å². The molecule has 21 heavy (non-hydrogen) atoms. The summed E-state index contributed by atoms with van der Waals surface area (Å²) in [6.07, 6.45) is 1.52. The zero-order valence-corrected chi connectivity index (χ0v) is 12.8. The molecule has 7 heteroatoms. The Labute approximate surface area is 123 Å². The lowest BCUT2D eigenvalue weighted by Crippen LogP contribution is -2.34. The normalized spacial score (nSPS) is 12.4. The molecule has 1 aromatic heterocycles. The van der Waals surface area contributed by atoms with Crippen molar-refractivity contribution in [1.29, 1.82) is 0 Å². The van der Waals surface area contributed by atoms with Crippen molar-refractivity contribution in [2.24, 2.45) is 0 Å². The molecule has 7 nitrogen and oxygen atoms in total. The van der Waals surface area contributed by atoms with Crippen molar-refractivity contribution in [1.82, 2.24) is 9.88 Å². The van der Waals surface area contributed by atoms with Crippen molar-refractivity contribution in [2.45, 2.75) is 46.7 Å². The van der Waals surface area contributed by atoms with Gasteiger partial charge in [0.15, 0.2) is 0 Å². The summed E-state index contributed by atoms with van der Waals surface area (Å²) in [6, 6.07) is -0.158. The largest absolute Gasteiger partial charge is 0.481 e. The van der Waals surface area contributed by atoms with Crippen LogP contribution in [-0.4, -0.2) is 38.5 Å². The number of nitro groups is 1. The Balaban J connectivity index is 3.03. The molecule has 1 unspecified atom stereocenters. The second kappa shape index (κ2) is 7.12. The highest BCUT2D eigenvalue weighted by Gasteiger charge is 2.22. The van der Waals surface area contributed by atoms with Gasteiger partial charge in [-0.1, -0.05) is 6.92 Å². The van der Waals surface area contributed by atoms with Crippen molar-refractivity contribution >= 4 is 11.7 Å². The molecule has 0 radical (unpaired) electrons. The SMILES string of the molecule is CCN(Cc1ncc(C)c([N+](=O)[O-])c1C)C(C)CC(=O)O. The molecule has 1 rings (SSSR count). The zero-order chi connectivity index (χ0) is 16.2. The fourth-order valence-electron chi connectivity index (χ4n) is 2.36. The number of carbonyl (C=O) groups is 1. The minimum atomic E-state index is -0.861. The topological polar surface area (TPSA) is 96.6 Å². The second-order valence-electron chi connectivity index (χ2n) is 5.13. The van der Waals surface area contributed by atoms with E-state index in [2.05, 4.69) is 4.98 Å². The highest BCUT2D eigenvalue weighted by molar-refractivity contribution is 5.67. The number of hydrogen-bond donors (Lipinski definition) is 1. The first-order valence-electron chi connectivity index (χ1n) is 6.83. The number of carboxylic acids is 1. The quantitative estimate of drug-likeness (QED) is 0.612. The van der Waals surface area contributed by atoms with Crippen LogP contribution in [0.15, 0.2) is 6.20 Å². The highest BCUT2D eigenvalue weighted by Crippen LogP contribution is 2.25. The zero-order valence-electron chi connectivity index (χ0n) is 12.8. The first-order valence-corrected chi connectivity index (χ1v) is 6.83. The number of aryl methyl sites for hydroxylation is 1. The van der Waals surface area contributed by atoms with E-state index in [1.165, 1.54) is 6.20 Å². The van der Waals surface area contributed by atoms with Gasteiger partial charge in [-0.25, -0.2) is 0 Å². The summed E-state index contributed by atoms with van der Waals surface area (Å²) in [5.74, 6) is -0.861. The molecule has 0 aliphatic carbocycles. The van der Waals surface area contributed by atoms with Crippen molar-refractivity contribution in [3.05, 3.63) is 33.1 Å². The van der Waals surface area contributed by atoms with E-state index in [1.54, 1.807) is 13.8 Å². The summed E-state index contributed by atoms with van der Waals surface area (Å²) in [5.41, 5.74) is 1.78. The molecule has 0 aromatic carbocycles. The monoisotopic (exact) mass is 295 g/mol. The van der Waals surface area contributed by atoms with E-state index < -0.39 is 10.9 Å². The highest BCUT2D eigenvalue weighted by atomic mass is 16.6. The van der Waals surface area contributed by atoms with E-state index in [0.717, 1.165) is 0 Å². The predicted octanol–water partition coefficient (Wildman–Crippen LogP) is 2.29. The maximum absolute atomic E-state index is 11.1. The average molecular weight is 295 g/mol. The summed E-state index contributed by atoms with van der Waals surface area (Å²) in [6.45, 7) is 8.15. The van der Waals surface area contributed by atoms with Gasteiger partial charge in [0.05, 0.1) is 17.0 Å². The molecule has 0 amide bonds. The van der Waals surface area contributed by atoms with E-state index in [1.807, 2.05) is 18.7 Å². The first kappa shape index (κ1) is 17.0. The van der Waals surface area contributed by atoms with Crippen LogP contribution in [0.2, 0.25) is 0 Å². The maximum Gasteiger partial charge on any atom is 0.304 e. The number of aromatic nitrogens is 1. The van der Waals surface area contributed by atoms with Crippen LogP contribution in [0.5, 0.6) is 0 Å². The number of rotatable bonds is 7. The van der Waals surface area contributed by atoms with Gasteiger partial charge in [-0.3, -0.25) is 24.8 Å². The minimum Gasteiger partial charge on any atom is -0.481 e. The summed E-state index contributed by atoms with van der Waals surface area (Å²) in [5, 5.41) is 20.0. The third-order valence-electron chi connectivity index (χ3n) is 3.61. The number of carboxylic acid groups (broad SMARTS) is 1. The van der Waals surface area contributed by atoms with E-state index in [4.69, 9.17) is 5.11 Å². The van der Waals surface area contributed by atoms with Crippen molar-refractivity contribution in [3.8, 4) is 0 Å². The molecular formula is C14H21N3O4. The Morgan fingerprint density at radius 1 is 1.52 bits per heavy atom. The molecule has 1 heterocycles. The number of nitrogens with zero attached hydrogens (tertiary/aromatic N) is 3. The van der Waals surface area contributed by atoms with Gasteiger partial charge in [0.2, 0.25) is 0 Å². The van der Waals surface area contributed by atoms with Crippen LogP contribution in [-0.2, 0) is 11.3 Å².